The molecule has 7 heteroatoms. The molecule has 1 heterocycles. The van der Waals surface area contributed by atoms with Gasteiger partial charge in [-0.15, -0.1) is 0 Å². The van der Waals surface area contributed by atoms with Crippen LogP contribution in [0.5, 0.6) is 11.5 Å². The first-order valence-corrected chi connectivity index (χ1v) is 11.1. The van der Waals surface area contributed by atoms with Crippen LogP contribution in [-0.2, 0) is 9.53 Å². The third kappa shape index (κ3) is 4.82. The monoisotopic (exact) mass is 452 g/mol. The highest BCUT2D eigenvalue weighted by Crippen LogP contribution is 2.39. The van der Waals surface area contributed by atoms with Gasteiger partial charge in [-0.3, -0.25) is 4.79 Å². The lowest BCUT2D eigenvalue weighted by molar-refractivity contribution is -0.125. The van der Waals surface area contributed by atoms with Gasteiger partial charge >= 0.3 is 5.97 Å². The smallest absolute Gasteiger partial charge is 0.357 e. The zero-order chi connectivity index (χ0) is 24.5. The molecule has 1 aromatic heterocycles. The molecule has 1 amide bonds. The fourth-order valence-corrected chi connectivity index (χ4v) is 3.81. The van der Waals surface area contributed by atoms with Crippen LogP contribution >= 0.6 is 0 Å². The SMILES string of the molecule is CCOC(=O)c1c(N(C)C(=O)C(C)(C)C)c2cc(O)ccc2n1-c1ccc(OC(C)C)cc1. The van der Waals surface area contributed by atoms with Crippen LogP contribution in [0.25, 0.3) is 16.6 Å². The third-order valence-electron chi connectivity index (χ3n) is 5.14. The summed E-state index contributed by atoms with van der Waals surface area (Å²) in [5.74, 6) is 0.0183. The molecule has 0 unspecified atom stereocenters. The quantitative estimate of drug-likeness (QED) is 0.513. The van der Waals surface area contributed by atoms with E-state index >= 15 is 0 Å². The van der Waals surface area contributed by atoms with Crippen molar-refractivity contribution in [2.75, 3.05) is 18.6 Å². The molecule has 0 aliphatic rings. The van der Waals surface area contributed by atoms with E-state index in [9.17, 15) is 14.7 Å². The fourth-order valence-electron chi connectivity index (χ4n) is 3.81. The molecule has 0 aliphatic heterocycles. The van der Waals surface area contributed by atoms with Crippen molar-refractivity contribution in [1.82, 2.24) is 4.57 Å². The van der Waals surface area contributed by atoms with Gasteiger partial charge in [0.2, 0.25) is 5.91 Å². The van der Waals surface area contributed by atoms with Crippen molar-refractivity contribution in [1.29, 1.82) is 0 Å². The predicted molar refractivity (Wildman–Crippen MR) is 130 cm³/mol. The Bertz CT molecular complexity index is 1170. The Hall–Kier alpha value is -3.48. The van der Waals surface area contributed by atoms with Crippen LogP contribution in [-0.4, -0.2) is 41.3 Å². The number of phenols is 1. The van der Waals surface area contributed by atoms with Gasteiger partial charge in [0.05, 0.1) is 23.9 Å². The van der Waals surface area contributed by atoms with Crippen molar-refractivity contribution in [3.63, 3.8) is 0 Å². The molecule has 176 valence electrons. The van der Waals surface area contributed by atoms with Gasteiger partial charge in [0.15, 0.2) is 5.69 Å². The van der Waals surface area contributed by atoms with Crippen LogP contribution < -0.4 is 9.64 Å². The van der Waals surface area contributed by atoms with Gasteiger partial charge in [-0.2, -0.15) is 0 Å². The Labute approximate surface area is 194 Å². The number of rotatable bonds is 6. The summed E-state index contributed by atoms with van der Waals surface area (Å²) in [5, 5.41) is 10.8. The van der Waals surface area contributed by atoms with E-state index < -0.39 is 11.4 Å². The molecule has 0 spiro atoms. The van der Waals surface area contributed by atoms with E-state index in [0.29, 0.717) is 28.0 Å². The van der Waals surface area contributed by atoms with Gasteiger partial charge in [0.1, 0.15) is 11.5 Å². The summed E-state index contributed by atoms with van der Waals surface area (Å²) in [6.07, 6.45) is 0.0324. The molecule has 0 saturated heterocycles. The maximum Gasteiger partial charge on any atom is 0.357 e. The Morgan fingerprint density at radius 1 is 1.09 bits per heavy atom. The van der Waals surface area contributed by atoms with Crippen LogP contribution in [0.1, 0.15) is 52.0 Å². The lowest BCUT2D eigenvalue weighted by Gasteiger charge is -2.26. The zero-order valence-electron chi connectivity index (χ0n) is 20.3. The fraction of sp³-hybridized carbons (Fsp3) is 0.385. The Balaban J connectivity index is 2.34. The van der Waals surface area contributed by atoms with Crippen molar-refractivity contribution < 1.29 is 24.2 Å². The van der Waals surface area contributed by atoms with Gasteiger partial charge in [-0.05, 0) is 63.2 Å². The Morgan fingerprint density at radius 3 is 2.27 bits per heavy atom. The van der Waals surface area contributed by atoms with Crippen molar-refractivity contribution in [3.8, 4) is 17.2 Å². The number of esters is 1. The van der Waals surface area contributed by atoms with E-state index in [2.05, 4.69) is 0 Å². The molecule has 1 N–H and O–H groups in total. The van der Waals surface area contributed by atoms with Crippen LogP contribution in [0.3, 0.4) is 0 Å². The number of carbonyl (C=O) groups is 2. The molecular formula is C26H32N2O5. The highest BCUT2D eigenvalue weighted by atomic mass is 16.5. The van der Waals surface area contributed by atoms with E-state index in [1.54, 1.807) is 36.7 Å². The number of hydrogen-bond donors (Lipinski definition) is 1. The van der Waals surface area contributed by atoms with Gasteiger partial charge in [-0.1, -0.05) is 20.8 Å². The van der Waals surface area contributed by atoms with Crippen molar-refractivity contribution in [2.24, 2.45) is 5.41 Å². The zero-order valence-corrected chi connectivity index (χ0v) is 20.3. The summed E-state index contributed by atoms with van der Waals surface area (Å²) >= 11 is 0. The number of nitrogens with zero attached hydrogens (tertiary/aromatic N) is 2. The molecule has 0 aliphatic carbocycles. The third-order valence-corrected chi connectivity index (χ3v) is 5.14. The van der Waals surface area contributed by atoms with E-state index in [0.717, 1.165) is 0 Å². The number of phenolic OH excluding ortho intramolecular Hbond substituents is 1. The molecule has 0 atom stereocenters. The molecule has 0 fully saturated rings. The number of benzene rings is 2. The number of aromatic nitrogens is 1. The average molecular weight is 453 g/mol. The summed E-state index contributed by atoms with van der Waals surface area (Å²) in [6.45, 7) is 11.3. The second-order valence-corrected chi connectivity index (χ2v) is 9.23. The molecule has 0 radical (unpaired) electrons. The largest absolute Gasteiger partial charge is 0.508 e. The molecule has 0 bridgehead atoms. The molecule has 33 heavy (non-hydrogen) atoms. The van der Waals surface area contributed by atoms with Crippen LogP contribution in [0, 0.1) is 5.41 Å². The number of ether oxygens (including phenoxy) is 2. The molecule has 2 aromatic carbocycles. The Kier molecular flexibility index (Phi) is 6.72. The maximum atomic E-state index is 13.2. The first-order chi connectivity index (χ1) is 15.5. The number of fused-ring (bicyclic) bond motifs is 1. The number of aromatic hydroxyl groups is 1. The number of amides is 1. The van der Waals surface area contributed by atoms with E-state index in [1.165, 1.54) is 4.90 Å². The highest BCUT2D eigenvalue weighted by molar-refractivity contribution is 6.14. The van der Waals surface area contributed by atoms with Crippen LogP contribution in [0.2, 0.25) is 0 Å². The van der Waals surface area contributed by atoms with Crippen LogP contribution in [0.15, 0.2) is 42.5 Å². The summed E-state index contributed by atoms with van der Waals surface area (Å²) in [6, 6.07) is 12.2. The molecule has 0 saturated carbocycles. The number of carbonyl (C=O) groups excluding carboxylic acids is 2. The normalized spacial score (nSPS) is 11.6. The van der Waals surface area contributed by atoms with Gasteiger partial charge in [-0.25, -0.2) is 4.79 Å². The minimum atomic E-state index is -0.679. The number of hydrogen-bond acceptors (Lipinski definition) is 5. The summed E-state index contributed by atoms with van der Waals surface area (Å²) in [5.41, 5.74) is 1.29. The second-order valence-electron chi connectivity index (χ2n) is 9.23. The lowest BCUT2D eigenvalue weighted by atomic mass is 9.94. The summed E-state index contributed by atoms with van der Waals surface area (Å²) in [4.78, 5) is 27.9. The maximum absolute atomic E-state index is 13.2. The number of anilines is 1. The first kappa shape index (κ1) is 24.2. The van der Waals surface area contributed by atoms with Crippen LogP contribution in [0.4, 0.5) is 5.69 Å². The molecule has 3 aromatic rings. The standard InChI is InChI=1S/C26H32N2O5/c1-8-32-24(30)23-22(27(7)25(31)26(4,5)6)20-15-18(29)11-14-21(20)28(23)17-9-12-19(13-10-17)33-16(2)3/h9-16,29H,8H2,1-7H3. The van der Waals surface area contributed by atoms with Gasteiger partial charge in [0, 0.05) is 23.5 Å². The van der Waals surface area contributed by atoms with Gasteiger partial charge in [0.25, 0.3) is 0 Å². The first-order valence-electron chi connectivity index (χ1n) is 11.1. The predicted octanol–water partition coefficient (Wildman–Crippen LogP) is 5.31. The minimum Gasteiger partial charge on any atom is -0.508 e. The summed E-state index contributed by atoms with van der Waals surface area (Å²) < 4.78 is 12.9. The molecule has 3 rings (SSSR count). The highest BCUT2D eigenvalue weighted by Gasteiger charge is 2.33. The topological polar surface area (TPSA) is 81.0 Å². The second kappa shape index (κ2) is 9.17. The van der Waals surface area contributed by atoms with E-state index in [4.69, 9.17) is 9.47 Å². The van der Waals surface area contributed by atoms with Crippen molar-refractivity contribution in [2.45, 2.75) is 47.6 Å². The lowest BCUT2D eigenvalue weighted by Crippen LogP contribution is -2.37. The van der Waals surface area contributed by atoms with E-state index in [1.807, 2.05) is 58.9 Å². The minimum absolute atomic E-state index is 0.0324. The average Bonchev–Trinajstić information content (AvgIpc) is 3.06. The van der Waals surface area contributed by atoms with Gasteiger partial charge < -0.3 is 24.0 Å². The van der Waals surface area contributed by atoms with Crippen molar-refractivity contribution >= 4 is 28.5 Å². The van der Waals surface area contributed by atoms with E-state index in [-0.39, 0.29) is 30.1 Å². The molecule has 7 nitrogen and oxygen atoms in total. The molecular weight excluding hydrogens is 420 g/mol. The Morgan fingerprint density at radius 2 is 1.73 bits per heavy atom. The van der Waals surface area contributed by atoms with Crippen molar-refractivity contribution in [3.05, 3.63) is 48.2 Å². The summed E-state index contributed by atoms with van der Waals surface area (Å²) in [7, 11) is 1.64.